The number of hydrogen-bond acceptors (Lipinski definition) is 5. The van der Waals surface area contributed by atoms with Gasteiger partial charge in [-0.3, -0.25) is 0 Å². The third-order valence-corrected chi connectivity index (χ3v) is 1.60. The molecule has 7 nitrogen and oxygen atoms in total. The molecule has 96 valence electrons. The summed E-state index contributed by atoms with van der Waals surface area (Å²) in [7, 11) is 0. The van der Waals surface area contributed by atoms with Crippen molar-refractivity contribution in [3.8, 4) is 0 Å². The number of carboxylic acid groups (broad SMARTS) is 1. The summed E-state index contributed by atoms with van der Waals surface area (Å²) < 4.78 is 10.2. The Balaban J connectivity index is 2.90. The number of aliphatic hydroxyl groups excluding tert-OH is 1. The molecule has 16 heavy (non-hydrogen) atoms. The minimum absolute atomic E-state index is 0.0414. The quantitative estimate of drug-likeness (QED) is 0.339. The van der Waals surface area contributed by atoms with Crippen LogP contribution in [-0.4, -0.2) is 69.0 Å². The lowest BCUT2D eigenvalue weighted by Gasteiger charge is -2.06. The molecule has 0 aliphatic carbocycles. The van der Waals surface area contributed by atoms with Crippen LogP contribution in [0.1, 0.15) is 0 Å². The van der Waals surface area contributed by atoms with Gasteiger partial charge in [0.25, 0.3) is 0 Å². The first-order chi connectivity index (χ1) is 7.77. The molecule has 0 aromatic rings. The third-order valence-electron chi connectivity index (χ3n) is 1.60. The number of amides is 1. The van der Waals surface area contributed by atoms with Crippen molar-refractivity contribution in [3.05, 3.63) is 0 Å². The van der Waals surface area contributed by atoms with Crippen molar-refractivity contribution in [2.45, 2.75) is 0 Å². The van der Waals surface area contributed by atoms with E-state index in [1.807, 2.05) is 0 Å². The van der Waals surface area contributed by atoms with Gasteiger partial charge in [0.15, 0.2) is 0 Å². The summed E-state index contributed by atoms with van der Waals surface area (Å²) in [4.78, 5) is 10.0. The van der Waals surface area contributed by atoms with Crippen molar-refractivity contribution >= 4 is 6.09 Å². The highest BCUT2D eigenvalue weighted by Gasteiger charge is 1.93. The summed E-state index contributed by atoms with van der Waals surface area (Å²) in [6.07, 6.45) is -1.04. The number of rotatable bonds is 11. The molecule has 0 fully saturated rings. The Bertz CT molecular complexity index is 168. The standard InChI is InChI=1S/C9H20N2O5/c12-4-8-16-6-2-10-1-5-15-7-3-11-9(13)14/h10-12H,1-8H2,(H,13,14). The van der Waals surface area contributed by atoms with Crippen LogP contribution < -0.4 is 10.6 Å². The van der Waals surface area contributed by atoms with Crippen LogP contribution in [0.3, 0.4) is 0 Å². The van der Waals surface area contributed by atoms with Crippen LogP contribution in [0.25, 0.3) is 0 Å². The molecule has 0 aromatic heterocycles. The number of carbonyl (C=O) groups is 1. The van der Waals surface area contributed by atoms with Crippen molar-refractivity contribution in [2.24, 2.45) is 0 Å². The molecule has 0 aliphatic rings. The minimum atomic E-state index is -1.04. The number of hydrogen-bond donors (Lipinski definition) is 4. The third kappa shape index (κ3) is 13.1. The number of aliphatic hydroxyl groups is 1. The molecule has 7 heteroatoms. The minimum Gasteiger partial charge on any atom is -0.465 e. The Kier molecular flexibility index (Phi) is 11.5. The van der Waals surface area contributed by atoms with Gasteiger partial charge in [0.05, 0.1) is 33.0 Å². The van der Waals surface area contributed by atoms with Gasteiger partial charge in [-0.2, -0.15) is 0 Å². The van der Waals surface area contributed by atoms with Gasteiger partial charge in [0.1, 0.15) is 0 Å². The van der Waals surface area contributed by atoms with Crippen molar-refractivity contribution in [3.63, 3.8) is 0 Å². The SMILES string of the molecule is O=C(O)NCCOCCNCCOCCO. The topological polar surface area (TPSA) is 100 Å². The van der Waals surface area contributed by atoms with Crippen LogP contribution in [0.4, 0.5) is 4.79 Å². The molecular weight excluding hydrogens is 216 g/mol. The molecule has 0 unspecified atom stereocenters. The molecule has 0 rings (SSSR count). The molecule has 0 heterocycles. The van der Waals surface area contributed by atoms with E-state index in [0.29, 0.717) is 46.1 Å². The first-order valence-corrected chi connectivity index (χ1v) is 5.21. The van der Waals surface area contributed by atoms with Crippen LogP contribution >= 0.6 is 0 Å². The van der Waals surface area contributed by atoms with E-state index in [2.05, 4.69) is 10.6 Å². The summed E-state index contributed by atoms with van der Waals surface area (Å²) >= 11 is 0. The molecule has 0 spiro atoms. The van der Waals surface area contributed by atoms with E-state index in [1.165, 1.54) is 0 Å². The lowest BCUT2D eigenvalue weighted by Crippen LogP contribution is -2.28. The lowest BCUT2D eigenvalue weighted by atomic mass is 10.6. The van der Waals surface area contributed by atoms with Crippen molar-refractivity contribution in [2.75, 3.05) is 52.7 Å². The molecule has 0 saturated heterocycles. The van der Waals surface area contributed by atoms with E-state index >= 15 is 0 Å². The fourth-order valence-corrected chi connectivity index (χ4v) is 0.912. The maximum Gasteiger partial charge on any atom is 0.404 e. The van der Waals surface area contributed by atoms with Gasteiger partial charge in [-0.25, -0.2) is 4.79 Å². The predicted octanol–water partition coefficient (Wildman–Crippen LogP) is -1.13. The smallest absolute Gasteiger partial charge is 0.404 e. The van der Waals surface area contributed by atoms with Gasteiger partial charge in [-0.1, -0.05) is 0 Å². The molecule has 0 aromatic carbocycles. The molecule has 4 N–H and O–H groups in total. The first kappa shape index (κ1) is 15.1. The average molecular weight is 236 g/mol. The van der Waals surface area contributed by atoms with Crippen LogP contribution in [-0.2, 0) is 9.47 Å². The van der Waals surface area contributed by atoms with Gasteiger partial charge in [0, 0.05) is 19.6 Å². The van der Waals surface area contributed by atoms with E-state index < -0.39 is 6.09 Å². The van der Waals surface area contributed by atoms with Crippen LogP contribution in [0.2, 0.25) is 0 Å². The van der Waals surface area contributed by atoms with E-state index in [1.54, 1.807) is 0 Å². The van der Waals surface area contributed by atoms with E-state index in [-0.39, 0.29) is 6.61 Å². The highest BCUT2D eigenvalue weighted by molar-refractivity contribution is 5.64. The van der Waals surface area contributed by atoms with E-state index in [0.717, 1.165) is 0 Å². The van der Waals surface area contributed by atoms with Gasteiger partial charge in [0.2, 0.25) is 0 Å². The zero-order valence-corrected chi connectivity index (χ0v) is 9.28. The maximum atomic E-state index is 10.0. The fourth-order valence-electron chi connectivity index (χ4n) is 0.912. The summed E-state index contributed by atoms with van der Waals surface area (Å²) in [6.45, 7) is 3.55. The second-order valence-corrected chi connectivity index (χ2v) is 2.93. The zero-order valence-electron chi connectivity index (χ0n) is 9.28. The van der Waals surface area contributed by atoms with E-state index in [4.69, 9.17) is 19.7 Å². The molecular formula is C9H20N2O5. The second-order valence-electron chi connectivity index (χ2n) is 2.93. The van der Waals surface area contributed by atoms with Gasteiger partial charge >= 0.3 is 6.09 Å². The van der Waals surface area contributed by atoms with Crippen LogP contribution in [0.5, 0.6) is 0 Å². The second kappa shape index (κ2) is 12.2. The van der Waals surface area contributed by atoms with E-state index in [9.17, 15) is 4.79 Å². The largest absolute Gasteiger partial charge is 0.465 e. The molecule has 0 bridgehead atoms. The Morgan fingerprint density at radius 2 is 1.56 bits per heavy atom. The monoisotopic (exact) mass is 236 g/mol. The number of ether oxygens (including phenoxy) is 2. The lowest BCUT2D eigenvalue weighted by molar-refractivity contribution is 0.0909. The van der Waals surface area contributed by atoms with Gasteiger partial charge in [-0.15, -0.1) is 0 Å². The summed E-state index contributed by atoms with van der Waals surface area (Å²) in [5, 5.41) is 21.9. The average Bonchev–Trinajstić information content (AvgIpc) is 2.25. The molecule has 0 aliphatic heterocycles. The van der Waals surface area contributed by atoms with Crippen molar-refractivity contribution in [1.82, 2.24) is 10.6 Å². The van der Waals surface area contributed by atoms with Crippen LogP contribution in [0, 0.1) is 0 Å². The maximum absolute atomic E-state index is 10.0. The highest BCUT2D eigenvalue weighted by atomic mass is 16.5. The zero-order chi connectivity index (χ0) is 12.1. The Morgan fingerprint density at radius 1 is 1.00 bits per heavy atom. The molecule has 0 saturated carbocycles. The summed E-state index contributed by atoms with van der Waals surface area (Å²) in [6, 6.07) is 0. The molecule has 1 amide bonds. The Labute approximate surface area is 94.7 Å². The molecule has 0 radical (unpaired) electrons. The van der Waals surface area contributed by atoms with Gasteiger partial charge < -0.3 is 30.3 Å². The normalized spacial score (nSPS) is 10.3. The molecule has 0 atom stereocenters. The van der Waals surface area contributed by atoms with Crippen molar-refractivity contribution in [1.29, 1.82) is 0 Å². The Hall–Kier alpha value is -0.890. The first-order valence-electron chi connectivity index (χ1n) is 5.21. The number of nitrogens with one attached hydrogen (secondary N) is 2. The summed E-state index contributed by atoms with van der Waals surface area (Å²) in [5.41, 5.74) is 0. The van der Waals surface area contributed by atoms with Crippen LogP contribution in [0.15, 0.2) is 0 Å². The van der Waals surface area contributed by atoms with Crippen molar-refractivity contribution < 1.29 is 24.5 Å². The highest BCUT2D eigenvalue weighted by Crippen LogP contribution is 1.74. The fraction of sp³-hybridized carbons (Fsp3) is 0.889. The predicted molar refractivity (Wildman–Crippen MR) is 57.6 cm³/mol. The van der Waals surface area contributed by atoms with Gasteiger partial charge in [-0.05, 0) is 0 Å². The Morgan fingerprint density at radius 3 is 2.12 bits per heavy atom. The summed E-state index contributed by atoms with van der Waals surface area (Å²) in [5.74, 6) is 0.